The van der Waals surface area contributed by atoms with Crippen LogP contribution in [-0.4, -0.2) is 21.7 Å². The first-order valence-corrected chi connectivity index (χ1v) is 9.81. The molecule has 1 heterocycles. The van der Waals surface area contributed by atoms with Crippen molar-refractivity contribution in [1.82, 2.24) is 0 Å². The monoisotopic (exact) mass is 426 g/mol. The highest BCUT2D eigenvalue weighted by Crippen LogP contribution is 2.43. The lowest BCUT2D eigenvalue weighted by molar-refractivity contribution is -0.385. The molecule has 0 bridgehead atoms. The number of nitro benzene ring substituents is 1. The molecule has 0 spiro atoms. The van der Waals surface area contributed by atoms with Gasteiger partial charge in [-0.05, 0) is 29.8 Å². The molecule has 4 rings (SSSR count). The largest absolute Gasteiger partial charge is 0.503 e. The highest BCUT2D eigenvalue weighted by atomic mass is 16.6. The third-order valence-corrected chi connectivity index (χ3v) is 5.16. The van der Waals surface area contributed by atoms with Gasteiger partial charge >= 0.3 is 0 Å². The maximum atomic E-state index is 13.2. The van der Waals surface area contributed by atoms with Crippen LogP contribution in [0.25, 0.3) is 6.08 Å². The molecule has 1 atom stereocenters. The summed E-state index contributed by atoms with van der Waals surface area (Å²) in [5.41, 5.74) is 0.836. The molecule has 3 aromatic rings. The standard InChI is InChI=1S/C25H18N2O5/c28-21(16-15-17-9-3-1-4-10-17)22-23(19-13-7-8-14-20(19)27(31)32)26(25(30)24(22)29)18-11-5-2-6-12-18/h1-16,23,29H/b16-15+/t23-/m0/s1. The summed E-state index contributed by atoms with van der Waals surface area (Å²) in [7, 11) is 0. The van der Waals surface area contributed by atoms with Crippen molar-refractivity contribution in [1.29, 1.82) is 0 Å². The van der Waals surface area contributed by atoms with Crippen LogP contribution in [0.1, 0.15) is 17.2 Å². The van der Waals surface area contributed by atoms with Crippen LogP contribution in [0.3, 0.4) is 0 Å². The van der Waals surface area contributed by atoms with Gasteiger partial charge in [-0.3, -0.25) is 24.6 Å². The fourth-order valence-electron chi connectivity index (χ4n) is 3.72. The number of anilines is 1. The minimum atomic E-state index is -1.15. The molecule has 0 radical (unpaired) electrons. The Hall–Kier alpha value is -4.52. The first kappa shape index (κ1) is 20.7. The van der Waals surface area contributed by atoms with Gasteiger partial charge in [-0.15, -0.1) is 0 Å². The number of rotatable bonds is 6. The molecule has 0 aromatic heterocycles. The second kappa shape index (κ2) is 8.69. The van der Waals surface area contributed by atoms with Gasteiger partial charge in [0.1, 0.15) is 6.04 Å². The molecule has 1 aliphatic heterocycles. The average molecular weight is 426 g/mol. The normalized spacial score (nSPS) is 16.1. The van der Waals surface area contributed by atoms with Crippen LogP contribution < -0.4 is 4.90 Å². The maximum Gasteiger partial charge on any atom is 0.294 e. The van der Waals surface area contributed by atoms with Gasteiger partial charge in [0.25, 0.3) is 11.6 Å². The Morgan fingerprint density at radius 3 is 2.19 bits per heavy atom. The number of carbonyl (C=O) groups excluding carboxylic acids is 2. The zero-order chi connectivity index (χ0) is 22.7. The van der Waals surface area contributed by atoms with E-state index in [0.717, 1.165) is 5.56 Å². The average Bonchev–Trinajstić information content (AvgIpc) is 3.09. The van der Waals surface area contributed by atoms with E-state index in [-0.39, 0.29) is 16.8 Å². The molecule has 0 fully saturated rings. The molecule has 0 saturated carbocycles. The quantitative estimate of drug-likeness (QED) is 0.347. The highest BCUT2D eigenvalue weighted by molar-refractivity contribution is 6.20. The smallest absolute Gasteiger partial charge is 0.294 e. The predicted molar refractivity (Wildman–Crippen MR) is 120 cm³/mol. The maximum absolute atomic E-state index is 13.2. The Morgan fingerprint density at radius 2 is 1.53 bits per heavy atom. The minimum absolute atomic E-state index is 0.134. The molecule has 0 aliphatic carbocycles. The molecule has 0 saturated heterocycles. The second-order valence-electron chi connectivity index (χ2n) is 7.10. The fraction of sp³-hybridized carbons (Fsp3) is 0.0400. The van der Waals surface area contributed by atoms with Crippen LogP contribution in [-0.2, 0) is 9.59 Å². The van der Waals surface area contributed by atoms with Crippen LogP contribution in [0.2, 0.25) is 0 Å². The van der Waals surface area contributed by atoms with Crippen molar-refractivity contribution in [2.24, 2.45) is 0 Å². The number of nitrogens with zero attached hydrogens (tertiary/aromatic N) is 2. The number of hydrogen-bond donors (Lipinski definition) is 1. The minimum Gasteiger partial charge on any atom is -0.503 e. The van der Waals surface area contributed by atoms with Gasteiger partial charge in [-0.1, -0.05) is 66.7 Å². The van der Waals surface area contributed by atoms with Crippen LogP contribution in [0.5, 0.6) is 0 Å². The van der Waals surface area contributed by atoms with Gasteiger partial charge in [0.2, 0.25) is 0 Å². The number of benzene rings is 3. The molecule has 1 N–H and O–H groups in total. The SMILES string of the molecule is O=C(/C=C/c1ccccc1)C1=C(O)C(=O)N(c2ccccc2)[C@H]1c1ccccc1[N+](=O)[O-]. The molecule has 158 valence electrons. The molecule has 1 aliphatic rings. The van der Waals surface area contributed by atoms with E-state index in [9.17, 15) is 24.8 Å². The lowest BCUT2D eigenvalue weighted by atomic mass is 9.94. The van der Waals surface area contributed by atoms with Crippen molar-refractivity contribution in [3.8, 4) is 0 Å². The number of nitro groups is 1. The number of allylic oxidation sites excluding steroid dienone is 1. The van der Waals surface area contributed by atoms with Crippen LogP contribution >= 0.6 is 0 Å². The van der Waals surface area contributed by atoms with Gasteiger partial charge in [0, 0.05) is 11.8 Å². The Bertz CT molecular complexity index is 1250. The fourth-order valence-corrected chi connectivity index (χ4v) is 3.72. The van der Waals surface area contributed by atoms with Crippen molar-refractivity contribution in [3.05, 3.63) is 124 Å². The predicted octanol–water partition coefficient (Wildman–Crippen LogP) is 4.78. The number of amides is 1. The summed E-state index contributed by atoms with van der Waals surface area (Å²) in [6.07, 6.45) is 2.82. The molecular formula is C25H18N2O5. The highest BCUT2D eigenvalue weighted by Gasteiger charge is 2.45. The number of para-hydroxylation sites is 2. The molecular weight excluding hydrogens is 408 g/mol. The van der Waals surface area contributed by atoms with Gasteiger partial charge < -0.3 is 5.11 Å². The summed E-state index contributed by atoms with van der Waals surface area (Å²) < 4.78 is 0. The van der Waals surface area contributed by atoms with Gasteiger partial charge in [-0.2, -0.15) is 0 Å². The van der Waals surface area contributed by atoms with E-state index in [2.05, 4.69) is 0 Å². The van der Waals surface area contributed by atoms with E-state index < -0.39 is 28.4 Å². The first-order chi connectivity index (χ1) is 15.5. The van der Waals surface area contributed by atoms with E-state index in [0.29, 0.717) is 5.69 Å². The number of hydrogen-bond acceptors (Lipinski definition) is 5. The number of ketones is 1. The van der Waals surface area contributed by atoms with Crippen LogP contribution in [0, 0.1) is 10.1 Å². The molecule has 7 nitrogen and oxygen atoms in total. The summed E-state index contributed by atoms with van der Waals surface area (Å²) in [5.74, 6) is -2.13. The van der Waals surface area contributed by atoms with Crippen LogP contribution in [0.15, 0.2) is 102 Å². The van der Waals surface area contributed by atoms with Gasteiger partial charge in [0.05, 0.1) is 16.1 Å². The van der Waals surface area contributed by atoms with Crippen molar-refractivity contribution in [3.63, 3.8) is 0 Å². The zero-order valence-corrected chi connectivity index (χ0v) is 16.8. The molecule has 3 aromatic carbocycles. The van der Waals surface area contributed by atoms with Crippen molar-refractivity contribution < 1.29 is 19.6 Å². The summed E-state index contributed by atoms with van der Waals surface area (Å²) >= 11 is 0. The van der Waals surface area contributed by atoms with Gasteiger partial charge in [0.15, 0.2) is 11.5 Å². The third-order valence-electron chi connectivity index (χ3n) is 5.16. The summed E-state index contributed by atoms with van der Waals surface area (Å²) in [6.45, 7) is 0. The number of aliphatic hydroxyl groups excluding tert-OH is 1. The Balaban J connectivity index is 1.85. The van der Waals surface area contributed by atoms with Crippen molar-refractivity contribution in [2.75, 3.05) is 4.90 Å². The van der Waals surface area contributed by atoms with Crippen molar-refractivity contribution >= 4 is 29.1 Å². The Kier molecular flexibility index (Phi) is 5.63. The van der Waals surface area contributed by atoms with E-state index in [4.69, 9.17) is 0 Å². The zero-order valence-electron chi connectivity index (χ0n) is 16.8. The Morgan fingerprint density at radius 1 is 0.938 bits per heavy atom. The van der Waals surface area contributed by atoms with E-state index in [1.807, 2.05) is 18.2 Å². The second-order valence-corrected chi connectivity index (χ2v) is 7.10. The summed E-state index contributed by atoms with van der Waals surface area (Å²) in [6, 6.07) is 22.2. The Labute approximate surface area is 183 Å². The van der Waals surface area contributed by atoms with E-state index >= 15 is 0 Å². The lowest BCUT2D eigenvalue weighted by Gasteiger charge is -2.26. The topological polar surface area (TPSA) is 101 Å². The number of carbonyl (C=O) groups is 2. The molecule has 32 heavy (non-hydrogen) atoms. The lowest BCUT2D eigenvalue weighted by Crippen LogP contribution is -2.31. The molecule has 0 unspecified atom stereocenters. The van der Waals surface area contributed by atoms with E-state index in [1.165, 1.54) is 29.2 Å². The van der Waals surface area contributed by atoms with Crippen molar-refractivity contribution in [2.45, 2.75) is 6.04 Å². The van der Waals surface area contributed by atoms with E-state index in [1.54, 1.807) is 54.6 Å². The summed E-state index contributed by atoms with van der Waals surface area (Å²) in [4.78, 5) is 38.5. The van der Waals surface area contributed by atoms with Gasteiger partial charge in [-0.25, -0.2) is 0 Å². The molecule has 1 amide bonds. The first-order valence-electron chi connectivity index (χ1n) is 9.81. The third kappa shape index (κ3) is 3.79. The number of aliphatic hydroxyl groups is 1. The molecule has 7 heteroatoms. The summed E-state index contributed by atoms with van der Waals surface area (Å²) in [5, 5.41) is 22.4. The van der Waals surface area contributed by atoms with Crippen LogP contribution in [0.4, 0.5) is 11.4 Å².